The van der Waals surface area contributed by atoms with E-state index in [-0.39, 0.29) is 24.1 Å². The van der Waals surface area contributed by atoms with E-state index in [0.29, 0.717) is 17.2 Å². The van der Waals surface area contributed by atoms with Gasteiger partial charge < -0.3 is 14.2 Å². The molecule has 0 saturated carbocycles. The van der Waals surface area contributed by atoms with Crippen LogP contribution in [0.5, 0.6) is 11.5 Å². The van der Waals surface area contributed by atoms with E-state index in [2.05, 4.69) is 5.10 Å². The molecule has 0 unspecified atom stereocenters. The third-order valence-electron chi connectivity index (χ3n) is 4.02. The number of rotatable bonds is 4. The number of carbonyl (C=O) groups is 1. The Balaban J connectivity index is 1.53. The molecule has 0 atom stereocenters. The minimum atomic E-state index is -0.521. The monoisotopic (exact) mass is 370 g/mol. The number of carbonyl (C=O) groups excluding carboxylic acids is 1. The number of aryl methyl sites for hydroxylation is 1. The Morgan fingerprint density at radius 1 is 1.19 bits per heavy atom. The molecular weight excluding hydrogens is 356 g/mol. The van der Waals surface area contributed by atoms with Gasteiger partial charge in [0.2, 0.25) is 6.79 Å². The second kappa shape index (κ2) is 6.72. The van der Waals surface area contributed by atoms with Gasteiger partial charge in [-0.1, -0.05) is 35.9 Å². The first-order chi connectivity index (χ1) is 12.6. The molecule has 0 bridgehead atoms. The highest BCUT2D eigenvalue weighted by Crippen LogP contribution is 2.33. The first-order valence-corrected chi connectivity index (χ1v) is 8.37. The van der Waals surface area contributed by atoms with E-state index >= 15 is 0 Å². The molecule has 3 aromatic rings. The van der Waals surface area contributed by atoms with E-state index in [9.17, 15) is 4.79 Å². The van der Waals surface area contributed by atoms with E-state index in [1.807, 2.05) is 36.4 Å². The smallest absolute Gasteiger partial charge is 0.343 e. The normalized spacial score (nSPS) is 12.2. The van der Waals surface area contributed by atoms with Crippen molar-refractivity contribution in [2.45, 2.75) is 13.5 Å². The zero-order chi connectivity index (χ0) is 18.1. The van der Waals surface area contributed by atoms with Crippen molar-refractivity contribution in [2.75, 3.05) is 6.79 Å². The standard InChI is InChI=1S/C19H15ClN2O4/c1-12-17(18(20)22(21-12)14-5-3-2-4-6-14)19(23)24-10-13-7-8-15-16(9-13)26-11-25-15/h2-9H,10-11H2,1H3. The minimum absolute atomic E-state index is 0.0990. The van der Waals surface area contributed by atoms with Crippen LogP contribution >= 0.6 is 11.6 Å². The Bertz CT molecular complexity index is 969. The van der Waals surface area contributed by atoms with Gasteiger partial charge in [0.15, 0.2) is 11.5 Å². The maximum Gasteiger partial charge on any atom is 0.343 e. The molecule has 0 fully saturated rings. The number of aromatic nitrogens is 2. The van der Waals surface area contributed by atoms with Crippen molar-refractivity contribution in [3.05, 3.63) is 70.5 Å². The molecule has 2 aromatic carbocycles. The second-order valence-electron chi connectivity index (χ2n) is 5.76. The highest BCUT2D eigenvalue weighted by molar-refractivity contribution is 6.33. The molecule has 4 rings (SSSR count). The van der Waals surface area contributed by atoms with E-state index in [0.717, 1.165) is 11.3 Å². The fraction of sp³-hybridized carbons (Fsp3) is 0.158. The molecule has 2 heterocycles. The van der Waals surface area contributed by atoms with Crippen LogP contribution in [0, 0.1) is 6.92 Å². The van der Waals surface area contributed by atoms with Crippen molar-refractivity contribution in [3.63, 3.8) is 0 Å². The molecule has 0 amide bonds. The number of esters is 1. The summed E-state index contributed by atoms with van der Waals surface area (Å²) in [6.45, 7) is 2.02. The van der Waals surface area contributed by atoms with Crippen LogP contribution in [0.2, 0.25) is 5.15 Å². The van der Waals surface area contributed by atoms with Crippen molar-refractivity contribution >= 4 is 17.6 Å². The number of para-hydroxylation sites is 1. The molecule has 0 N–H and O–H groups in total. The van der Waals surface area contributed by atoms with Gasteiger partial charge in [-0.15, -0.1) is 0 Å². The van der Waals surface area contributed by atoms with Gasteiger partial charge in [-0.3, -0.25) is 0 Å². The van der Waals surface area contributed by atoms with Crippen molar-refractivity contribution < 1.29 is 19.0 Å². The second-order valence-corrected chi connectivity index (χ2v) is 6.12. The van der Waals surface area contributed by atoms with Gasteiger partial charge in [-0.25, -0.2) is 9.48 Å². The summed E-state index contributed by atoms with van der Waals surface area (Å²) >= 11 is 6.38. The summed E-state index contributed by atoms with van der Waals surface area (Å²) in [5, 5.41) is 4.58. The summed E-state index contributed by atoms with van der Waals surface area (Å²) in [6.07, 6.45) is 0. The lowest BCUT2D eigenvalue weighted by Gasteiger charge is -2.06. The predicted molar refractivity (Wildman–Crippen MR) is 95.0 cm³/mol. The predicted octanol–water partition coefficient (Wildman–Crippen LogP) is 3.92. The van der Waals surface area contributed by atoms with Gasteiger partial charge in [0, 0.05) is 0 Å². The number of nitrogens with zero attached hydrogens (tertiary/aromatic N) is 2. The molecule has 0 saturated heterocycles. The van der Waals surface area contributed by atoms with Gasteiger partial charge in [0.05, 0.1) is 11.4 Å². The summed E-state index contributed by atoms with van der Waals surface area (Å²) in [5.41, 5.74) is 2.34. The Morgan fingerprint density at radius 3 is 2.77 bits per heavy atom. The maximum atomic E-state index is 12.5. The molecule has 26 heavy (non-hydrogen) atoms. The number of hydrogen-bond donors (Lipinski definition) is 0. The Labute approximate surface area is 154 Å². The fourth-order valence-corrected chi connectivity index (χ4v) is 3.07. The summed E-state index contributed by atoms with van der Waals surface area (Å²) < 4.78 is 17.5. The topological polar surface area (TPSA) is 62.6 Å². The quantitative estimate of drug-likeness (QED) is 0.651. The highest BCUT2D eigenvalue weighted by atomic mass is 35.5. The van der Waals surface area contributed by atoms with Gasteiger partial charge >= 0.3 is 5.97 Å². The minimum Gasteiger partial charge on any atom is -0.457 e. The summed E-state index contributed by atoms with van der Waals surface area (Å²) in [4.78, 5) is 12.5. The lowest BCUT2D eigenvalue weighted by atomic mass is 10.2. The number of ether oxygens (including phenoxy) is 3. The van der Waals surface area contributed by atoms with E-state index in [1.54, 1.807) is 19.1 Å². The summed E-state index contributed by atoms with van der Waals surface area (Å²) in [5.74, 6) is 0.806. The van der Waals surface area contributed by atoms with Crippen molar-refractivity contribution in [1.82, 2.24) is 9.78 Å². The number of hydrogen-bond acceptors (Lipinski definition) is 5. The van der Waals surface area contributed by atoms with Gasteiger partial charge in [0.25, 0.3) is 0 Å². The maximum absolute atomic E-state index is 12.5. The average molecular weight is 371 g/mol. The third-order valence-corrected chi connectivity index (χ3v) is 4.36. The van der Waals surface area contributed by atoms with Crippen LogP contribution in [0.3, 0.4) is 0 Å². The van der Waals surface area contributed by atoms with Crippen LogP contribution in [-0.2, 0) is 11.3 Å². The number of halogens is 1. The first kappa shape index (κ1) is 16.5. The SMILES string of the molecule is Cc1nn(-c2ccccc2)c(Cl)c1C(=O)OCc1ccc2c(c1)OCO2. The van der Waals surface area contributed by atoms with Crippen LogP contribution < -0.4 is 9.47 Å². The average Bonchev–Trinajstić information content (AvgIpc) is 3.24. The molecule has 0 radical (unpaired) electrons. The molecule has 0 spiro atoms. The van der Waals surface area contributed by atoms with Crippen molar-refractivity contribution in [3.8, 4) is 17.2 Å². The molecule has 1 aromatic heterocycles. The Morgan fingerprint density at radius 2 is 1.96 bits per heavy atom. The first-order valence-electron chi connectivity index (χ1n) is 7.99. The third kappa shape index (κ3) is 2.99. The largest absolute Gasteiger partial charge is 0.457 e. The molecule has 7 heteroatoms. The van der Waals surface area contributed by atoms with Crippen molar-refractivity contribution in [1.29, 1.82) is 0 Å². The molecule has 0 aliphatic carbocycles. The van der Waals surface area contributed by atoms with Gasteiger partial charge in [0.1, 0.15) is 17.3 Å². The Hall–Kier alpha value is -2.99. The molecule has 6 nitrogen and oxygen atoms in total. The highest BCUT2D eigenvalue weighted by Gasteiger charge is 2.23. The van der Waals surface area contributed by atoms with Crippen LogP contribution in [0.25, 0.3) is 5.69 Å². The fourth-order valence-electron chi connectivity index (χ4n) is 2.72. The number of benzene rings is 2. The van der Waals surface area contributed by atoms with Crippen LogP contribution in [0.1, 0.15) is 21.6 Å². The lowest BCUT2D eigenvalue weighted by molar-refractivity contribution is 0.0472. The Kier molecular flexibility index (Phi) is 4.26. The van der Waals surface area contributed by atoms with Crippen LogP contribution in [-0.4, -0.2) is 22.5 Å². The zero-order valence-corrected chi connectivity index (χ0v) is 14.7. The van der Waals surface area contributed by atoms with E-state index in [1.165, 1.54) is 4.68 Å². The summed E-state index contributed by atoms with van der Waals surface area (Å²) in [7, 11) is 0. The molecule has 132 valence electrons. The number of fused-ring (bicyclic) bond motifs is 1. The molecule has 1 aliphatic rings. The van der Waals surface area contributed by atoms with Crippen LogP contribution in [0.4, 0.5) is 0 Å². The molecular formula is C19H15ClN2O4. The molecule has 1 aliphatic heterocycles. The van der Waals surface area contributed by atoms with E-state index < -0.39 is 5.97 Å². The van der Waals surface area contributed by atoms with Gasteiger partial charge in [-0.2, -0.15) is 5.10 Å². The zero-order valence-electron chi connectivity index (χ0n) is 13.9. The summed E-state index contributed by atoms with van der Waals surface area (Å²) in [6, 6.07) is 14.8. The van der Waals surface area contributed by atoms with Crippen LogP contribution in [0.15, 0.2) is 48.5 Å². The van der Waals surface area contributed by atoms with Crippen molar-refractivity contribution in [2.24, 2.45) is 0 Å². The lowest BCUT2D eigenvalue weighted by Crippen LogP contribution is -2.07. The van der Waals surface area contributed by atoms with Gasteiger partial charge in [-0.05, 0) is 36.8 Å². The van der Waals surface area contributed by atoms with E-state index in [4.69, 9.17) is 25.8 Å².